The summed E-state index contributed by atoms with van der Waals surface area (Å²) in [5, 5.41) is 1.11. The van der Waals surface area contributed by atoms with Crippen molar-refractivity contribution < 1.29 is 0 Å². The van der Waals surface area contributed by atoms with Crippen LogP contribution in [-0.2, 0) is 6.54 Å². The average Bonchev–Trinajstić information content (AvgIpc) is 3.09. The highest BCUT2D eigenvalue weighted by atomic mass is 15.3. The van der Waals surface area contributed by atoms with Crippen LogP contribution in [0.25, 0.3) is 11.0 Å². The van der Waals surface area contributed by atoms with Crippen LogP contribution in [0.3, 0.4) is 0 Å². The van der Waals surface area contributed by atoms with Crippen molar-refractivity contribution in [1.29, 1.82) is 0 Å². The van der Waals surface area contributed by atoms with Crippen LogP contribution in [0.5, 0.6) is 0 Å². The van der Waals surface area contributed by atoms with E-state index in [1.54, 1.807) is 6.33 Å². The fraction of sp³-hybridized carbons (Fsp3) is 0.400. The van der Waals surface area contributed by atoms with E-state index in [0.29, 0.717) is 11.5 Å². The van der Waals surface area contributed by atoms with Gasteiger partial charge >= 0.3 is 0 Å². The molecule has 5 nitrogen and oxygen atoms in total. The minimum Gasteiger partial charge on any atom is -0.354 e. The zero-order valence-corrected chi connectivity index (χ0v) is 14.5. The normalized spacial score (nSPS) is 21.9. The zero-order chi connectivity index (χ0) is 16.9. The highest BCUT2D eigenvalue weighted by Crippen LogP contribution is 2.55. The van der Waals surface area contributed by atoms with Crippen molar-refractivity contribution in [2.45, 2.75) is 25.4 Å². The molecule has 5 rings (SSSR count). The third kappa shape index (κ3) is 2.50. The number of nitrogens with zero attached hydrogens (tertiary/aromatic N) is 4. The number of aromatic nitrogens is 3. The van der Waals surface area contributed by atoms with E-state index in [4.69, 9.17) is 0 Å². The van der Waals surface area contributed by atoms with Gasteiger partial charge < -0.3 is 9.88 Å². The molecule has 128 valence electrons. The van der Waals surface area contributed by atoms with E-state index in [0.717, 1.165) is 29.9 Å². The zero-order valence-electron chi connectivity index (χ0n) is 14.5. The third-order valence-electron chi connectivity index (χ3n) is 5.95. The van der Waals surface area contributed by atoms with E-state index < -0.39 is 0 Å². The first-order valence-electron chi connectivity index (χ1n) is 9.02. The molecule has 1 aliphatic heterocycles. The number of nitrogens with one attached hydrogen (secondary N) is 1. The quantitative estimate of drug-likeness (QED) is 0.797. The van der Waals surface area contributed by atoms with Crippen LogP contribution in [-0.4, -0.2) is 46.0 Å². The molecule has 3 heterocycles. The average molecular weight is 333 g/mol. The summed E-state index contributed by atoms with van der Waals surface area (Å²) in [6.07, 6.45) is 6.27. The molecule has 1 saturated heterocycles. The number of hydrogen-bond donors (Lipinski definition) is 1. The lowest BCUT2D eigenvalue weighted by molar-refractivity contribution is 0.312. The maximum absolute atomic E-state index is 4.60. The molecule has 2 aromatic heterocycles. The summed E-state index contributed by atoms with van der Waals surface area (Å²) < 4.78 is 0. The maximum atomic E-state index is 4.60. The Labute approximate surface area is 147 Å². The van der Waals surface area contributed by atoms with Gasteiger partial charge in [-0.25, -0.2) is 9.97 Å². The van der Waals surface area contributed by atoms with Crippen LogP contribution in [0.4, 0.5) is 5.82 Å². The number of rotatable bonds is 4. The summed E-state index contributed by atoms with van der Waals surface area (Å²) in [4.78, 5) is 17.1. The molecule has 25 heavy (non-hydrogen) atoms. The molecular weight excluding hydrogens is 310 g/mol. The lowest BCUT2D eigenvalue weighted by Gasteiger charge is -2.30. The summed E-state index contributed by atoms with van der Waals surface area (Å²) in [7, 11) is 2.20. The fourth-order valence-electron chi connectivity index (χ4n) is 4.49. The number of H-pyrrole nitrogens is 1. The lowest BCUT2D eigenvalue weighted by atomic mass is 9.99. The van der Waals surface area contributed by atoms with E-state index >= 15 is 0 Å². The second-order valence-electron chi connectivity index (χ2n) is 7.58. The van der Waals surface area contributed by atoms with E-state index in [-0.39, 0.29) is 0 Å². The standard InChI is InChI=1S/C20H23N5/c1-24(19-16-7-10-21-18(16)22-14-23-19)17-12-25(13-20(17)8-9-20)11-15-5-3-2-4-6-15/h2-7,10,14,17H,8-9,11-13H2,1H3,(H,21,22,23)/t17-/m0/s1. The third-order valence-corrected chi connectivity index (χ3v) is 5.95. The van der Waals surface area contributed by atoms with Gasteiger partial charge in [-0.2, -0.15) is 0 Å². The summed E-state index contributed by atoms with van der Waals surface area (Å²) >= 11 is 0. The minimum atomic E-state index is 0.442. The topological polar surface area (TPSA) is 48.1 Å². The molecule has 1 aromatic carbocycles. The molecule has 0 amide bonds. The number of likely N-dealkylation sites (tertiary alicyclic amines) is 1. The van der Waals surface area contributed by atoms with E-state index in [2.05, 4.69) is 68.2 Å². The van der Waals surface area contributed by atoms with Gasteiger partial charge in [0.25, 0.3) is 0 Å². The predicted octanol–water partition coefficient (Wildman–Crippen LogP) is 3.06. The molecule has 0 bridgehead atoms. The Morgan fingerprint density at radius 3 is 2.84 bits per heavy atom. The van der Waals surface area contributed by atoms with Gasteiger partial charge in [0.05, 0.1) is 5.39 Å². The Bertz CT molecular complexity index is 883. The summed E-state index contributed by atoms with van der Waals surface area (Å²) in [5.74, 6) is 1.05. The highest BCUT2D eigenvalue weighted by Gasteiger charge is 2.56. The Hall–Kier alpha value is -2.40. The van der Waals surface area contributed by atoms with Gasteiger partial charge in [-0.3, -0.25) is 4.90 Å². The second kappa shape index (κ2) is 5.56. The van der Waals surface area contributed by atoms with Crippen LogP contribution in [0.2, 0.25) is 0 Å². The first-order chi connectivity index (χ1) is 12.3. The van der Waals surface area contributed by atoms with Crippen LogP contribution in [0.15, 0.2) is 48.9 Å². The molecule has 1 saturated carbocycles. The van der Waals surface area contributed by atoms with Gasteiger partial charge in [-0.1, -0.05) is 30.3 Å². The first-order valence-corrected chi connectivity index (χ1v) is 9.02. The molecule has 1 N–H and O–H groups in total. The summed E-state index contributed by atoms with van der Waals surface area (Å²) in [6, 6.07) is 13.4. The molecule has 1 atom stereocenters. The van der Waals surface area contributed by atoms with Gasteiger partial charge in [0.1, 0.15) is 17.8 Å². The molecule has 0 unspecified atom stereocenters. The summed E-state index contributed by atoms with van der Waals surface area (Å²) in [5.41, 5.74) is 2.76. The summed E-state index contributed by atoms with van der Waals surface area (Å²) in [6.45, 7) is 3.33. The minimum absolute atomic E-state index is 0.442. The van der Waals surface area contributed by atoms with E-state index in [1.165, 1.54) is 24.9 Å². The predicted molar refractivity (Wildman–Crippen MR) is 99.5 cm³/mol. The van der Waals surface area contributed by atoms with Crippen molar-refractivity contribution in [3.05, 3.63) is 54.5 Å². The van der Waals surface area contributed by atoms with Crippen molar-refractivity contribution in [1.82, 2.24) is 19.9 Å². The lowest BCUT2D eigenvalue weighted by Crippen LogP contribution is -2.39. The number of anilines is 1. The molecule has 0 radical (unpaired) electrons. The van der Waals surface area contributed by atoms with Crippen molar-refractivity contribution in [3.8, 4) is 0 Å². The monoisotopic (exact) mass is 333 g/mol. The number of benzene rings is 1. The molecule has 5 heteroatoms. The van der Waals surface area contributed by atoms with Gasteiger partial charge in [0.15, 0.2) is 0 Å². The van der Waals surface area contributed by atoms with E-state index in [1.807, 2.05) is 6.20 Å². The van der Waals surface area contributed by atoms with Crippen LogP contribution in [0.1, 0.15) is 18.4 Å². The maximum Gasteiger partial charge on any atom is 0.142 e. The highest BCUT2D eigenvalue weighted by molar-refractivity contribution is 5.87. The SMILES string of the molecule is CN(c1ncnc2[nH]ccc12)[C@H]1CN(Cc2ccccc2)CC12CC2. The number of fused-ring (bicyclic) bond motifs is 1. The Kier molecular flexibility index (Phi) is 3.31. The molecule has 2 aliphatic rings. The van der Waals surface area contributed by atoms with Crippen molar-refractivity contribution >= 4 is 16.9 Å². The largest absolute Gasteiger partial charge is 0.354 e. The van der Waals surface area contributed by atoms with Gasteiger partial charge in [-0.05, 0) is 24.5 Å². The Balaban J connectivity index is 1.41. The van der Waals surface area contributed by atoms with Gasteiger partial charge in [-0.15, -0.1) is 0 Å². The van der Waals surface area contributed by atoms with Crippen molar-refractivity contribution in [3.63, 3.8) is 0 Å². The second-order valence-corrected chi connectivity index (χ2v) is 7.58. The number of hydrogen-bond acceptors (Lipinski definition) is 4. The van der Waals surface area contributed by atoms with Crippen LogP contribution >= 0.6 is 0 Å². The molecule has 1 spiro atoms. The molecule has 3 aromatic rings. The molecular formula is C20H23N5. The number of aromatic amines is 1. The first kappa shape index (κ1) is 14.9. The van der Waals surface area contributed by atoms with Gasteiger partial charge in [0, 0.05) is 44.3 Å². The molecule has 2 fully saturated rings. The fourth-order valence-corrected chi connectivity index (χ4v) is 4.49. The van der Waals surface area contributed by atoms with E-state index in [9.17, 15) is 0 Å². The van der Waals surface area contributed by atoms with Gasteiger partial charge in [0.2, 0.25) is 0 Å². The van der Waals surface area contributed by atoms with Crippen LogP contribution in [0, 0.1) is 5.41 Å². The molecule has 1 aliphatic carbocycles. The van der Waals surface area contributed by atoms with Crippen molar-refractivity contribution in [2.75, 3.05) is 25.0 Å². The number of likely N-dealkylation sites (N-methyl/N-ethyl adjacent to an activating group) is 1. The van der Waals surface area contributed by atoms with Crippen molar-refractivity contribution in [2.24, 2.45) is 5.41 Å². The Morgan fingerprint density at radius 2 is 2.04 bits per heavy atom. The van der Waals surface area contributed by atoms with Crippen LogP contribution < -0.4 is 4.90 Å². The smallest absolute Gasteiger partial charge is 0.142 e. The Morgan fingerprint density at radius 1 is 1.20 bits per heavy atom.